The molecule has 1 atom stereocenters. The molecule has 28 heavy (non-hydrogen) atoms. The van der Waals surface area contributed by atoms with Crippen LogP contribution in [0.4, 0.5) is 0 Å². The van der Waals surface area contributed by atoms with Gasteiger partial charge in [-0.1, -0.05) is 66.8 Å². The summed E-state index contributed by atoms with van der Waals surface area (Å²) in [5, 5.41) is 12.2. The topological polar surface area (TPSA) is 43.1 Å². The average molecular weight is 361 g/mol. The van der Waals surface area contributed by atoms with E-state index in [0.29, 0.717) is 0 Å². The highest BCUT2D eigenvalue weighted by molar-refractivity contribution is 6.05. The molecule has 1 spiro atoms. The molecule has 0 aromatic heterocycles. The van der Waals surface area contributed by atoms with Crippen LogP contribution >= 0.6 is 0 Å². The van der Waals surface area contributed by atoms with Crippen molar-refractivity contribution in [1.82, 2.24) is 0 Å². The number of nitrogens with zero attached hydrogens (tertiary/aromatic N) is 1. The lowest BCUT2D eigenvalue weighted by atomic mass is 9.63. The highest BCUT2D eigenvalue weighted by Crippen LogP contribution is 2.61. The largest absolute Gasteiger partial charge is 0.264 e. The molecule has 4 aliphatic carbocycles. The molecule has 0 saturated carbocycles. The number of allylic oxidation sites excluding steroid dienone is 7. The van der Waals surface area contributed by atoms with Crippen molar-refractivity contribution in [2.75, 3.05) is 0 Å². The van der Waals surface area contributed by atoms with Crippen LogP contribution < -0.4 is 0 Å². The normalized spacial score (nSPS) is 22.9. The standard InChI is InChI=1S/C25H15NO2/c27-26(28)24-12-11-21-19-9-4-2-7-17(19)15-23(21)25(24)13-5-10-20-18-8-3-1-6-16(18)14-22(20)25/h1-15H. The van der Waals surface area contributed by atoms with Crippen LogP contribution in [0, 0.1) is 15.5 Å². The zero-order valence-corrected chi connectivity index (χ0v) is 14.9. The van der Waals surface area contributed by atoms with Crippen molar-refractivity contribution in [2.45, 2.75) is 0 Å². The maximum Gasteiger partial charge on any atom is 0.264 e. The van der Waals surface area contributed by atoms with Crippen molar-refractivity contribution in [3.8, 4) is 0 Å². The first-order valence-corrected chi connectivity index (χ1v) is 9.30. The third-order valence-electron chi connectivity index (χ3n) is 6.15. The third-order valence-corrected chi connectivity index (χ3v) is 6.15. The summed E-state index contributed by atoms with van der Waals surface area (Å²) in [5.41, 5.74) is 7.95. The second kappa shape index (κ2) is 5.17. The van der Waals surface area contributed by atoms with Crippen molar-refractivity contribution in [1.29, 1.82) is 0 Å². The molecule has 0 N–H and O–H groups in total. The number of hydrogen-bond acceptors (Lipinski definition) is 2. The Morgan fingerprint density at radius 2 is 1.32 bits per heavy atom. The summed E-state index contributed by atoms with van der Waals surface area (Å²) in [7, 11) is 0. The fourth-order valence-electron chi connectivity index (χ4n) is 4.98. The lowest BCUT2D eigenvalue weighted by molar-refractivity contribution is -0.435. The lowest BCUT2D eigenvalue weighted by Crippen LogP contribution is -2.32. The van der Waals surface area contributed by atoms with E-state index in [4.69, 9.17) is 0 Å². The van der Waals surface area contributed by atoms with Crippen LogP contribution in [-0.2, 0) is 0 Å². The smallest absolute Gasteiger partial charge is 0.259 e. The van der Waals surface area contributed by atoms with Crippen LogP contribution in [0.1, 0.15) is 22.3 Å². The Hall–Kier alpha value is -3.72. The zero-order chi connectivity index (χ0) is 18.9. The Balaban J connectivity index is 1.66. The first kappa shape index (κ1) is 15.3. The summed E-state index contributed by atoms with van der Waals surface area (Å²) in [6.07, 6.45) is 13.9. The second-order valence-electron chi connectivity index (χ2n) is 7.43. The van der Waals surface area contributed by atoms with E-state index in [1.54, 1.807) is 6.08 Å². The maximum atomic E-state index is 12.2. The van der Waals surface area contributed by atoms with Crippen LogP contribution in [0.3, 0.4) is 0 Å². The summed E-state index contributed by atoms with van der Waals surface area (Å²) < 4.78 is 0. The zero-order valence-electron chi connectivity index (χ0n) is 14.9. The van der Waals surface area contributed by atoms with Gasteiger partial charge in [0, 0.05) is 6.08 Å². The molecule has 0 bridgehead atoms. The molecule has 0 aliphatic heterocycles. The molecule has 132 valence electrons. The molecule has 3 heteroatoms. The van der Waals surface area contributed by atoms with Crippen LogP contribution in [0.2, 0.25) is 0 Å². The van der Waals surface area contributed by atoms with Gasteiger partial charge in [0.1, 0.15) is 5.41 Å². The molecule has 0 radical (unpaired) electrons. The van der Waals surface area contributed by atoms with Crippen LogP contribution in [0.15, 0.2) is 95.8 Å². The van der Waals surface area contributed by atoms with E-state index in [-0.39, 0.29) is 10.6 Å². The van der Waals surface area contributed by atoms with Crippen LogP contribution in [0.5, 0.6) is 0 Å². The molecule has 2 aromatic rings. The molecular weight excluding hydrogens is 346 g/mol. The maximum absolute atomic E-state index is 12.2. The first-order valence-electron chi connectivity index (χ1n) is 9.30. The minimum atomic E-state index is -0.879. The van der Waals surface area contributed by atoms with Crippen molar-refractivity contribution in [3.05, 3.63) is 128 Å². The summed E-state index contributed by atoms with van der Waals surface area (Å²) in [6, 6.07) is 16.4. The van der Waals surface area contributed by atoms with E-state index in [1.807, 2.05) is 42.5 Å². The first-order chi connectivity index (χ1) is 13.7. The van der Waals surface area contributed by atoms with Gasteiger partial charge in [-0.25, -0.2) is 0 Å². The van der Waals surface area contributed by atoms with Crippen molar-refractivity contribution in [3.63, 3.8) is 0 Å². The molecule has 6 rings (SSSR count). The predicted octanol–water partition coefficient (Wildman–Crippen LogP) is 5.68. The third kappa shape index (κ3) is 1.73. The number of rotatable bonds is 1. The molecule has 0 heterocycles. The highest BCUT2D eigenvalue weighted by atomic mass is 16.6. The van der Waals surface area contributed by atoms with Gasteiger partial charge in [0.2, 0.25) is 0 Å². The molecule has 0 fully saturated rings. The van der Waals surface area contributed by atoms with Crippen LogP contribution in [0.25, 0.3) is 23.3 Å². The molecule has 4 aliphatic rings. The van der Waals surface area contributed by atoms with E-state index in [0.717, 1.165) is 44.5 Å². The monoisotopic (exact) mass is 361 g/mol. The van der Waals surface area contributed by atoms with Crippen molar-refractivity contribution >= 4 is 23.3 Å². The van der Waals surface area contributed by atoms with Gasteiger partial charge in [0.15, 0.2) is 0 Å². The average Bonchev–Trinajstić information content (AvgIpc) is 3.28. The summed E-state index contributed by atoms with van der Waals surface area (Å²) in [4.78, 5) is 11.9. The van der Waals surface area contributed by atoms with Gasteiger partial charge in [-0.15, -0.1) is 0 Å². The fourth-order valence-corrected chi connectivity index (χ4v) is 4.98. The van der Waals surface area contributed by atoms with Gasteiger partial charge in [-0.3, -0.25) is 10.1 Å². The molecular formula is C25H15NO2. The van der Waals surface area contributed by atoms with E-state index in [2.05, 4.69) is 42.5 Å². The quantitative estimate of drug-likeness (QED) is 0.484. The van der Waals surface area contributed by atoms with Gasteiger partial charge >= 0.3 is 0 Å². The number of nitro groups is 1. The SMILES string of the molecule is O=[N+]([O-])C1=CC=C2C(=Cc3ccccc32)C12C=CC=C1C2=Cc2ccccc21. The molecule has 1 unspecified atom stereocenters. The Morgan fingerprint density at radius 1 is 0.750 bits per heavy atom. The molecule has 0 amide bonds. The Kier molecular flexibility index (Phi) is 2.83. The van der Waals surface area contributed by atoms with Gasteiger partial charge in [-0.2, -0.15) is 0 Å². The summed E-state index contributed by atoms with van der Waals surface area (Å²) in [5.74, 6) is 0. The van der Waals surface area contributed by atoms with E-state index in [9.17, 15) is 10.1 Å². The van der Waals surface area contributed by atoms with Gasteiger partial charge in [0.25, 0.3) is 5.70 Å². The Labute approximate surface area is 162 Å². The second-order valence-corrected chi connectivity index (χ2v) is 7.43. The minimum absolute atomic E-state index is 0.205. The predicted molar refractivity (Wildman–Crippen MR) is 111 cm³/mol. The number of benzene rings is 2. The fraction of sp³-hybridized carbons (Fsp3) is 0.0400. The van der Waals surface area contributed by atoms with E-state index in [1.165, 1.54) is 0 Å². The van der Waals surface area contributed by atoms with Crippen molar-refractivity contribution in [2.24, 2.45) is 5.41 Å². The van der Waals surface area contributed by atoms with E-state index < -0.39 is 5.41 Å². The van der Waals surface area contributed by atoms with Crippen molar-refractivity contribution < 1.29 is 4.92 Å². The highest BCUT2D eigenvalue weighted by Gasteiger charge is 2.53. The summed E-state index contributed by atoms with van der Waals surface area (Å²) >= 11 is 0. The number of hydrogen-bond donors (Lipinski definition) is 0. The van der Waals surface area contributed by atoms with Gasteiger partial charge in [0.05, 0.1) is 4.92 Å². The molecule has 3 nitrogen and oxygen atoms in total. The Morgan fingerprint density at radius 3 is 1.93 bits per heavy atom. The lowest BCUT2D eigenvalue weighted by Gasteiger charge is -2.36. The summed E-state index contributed by atoms with van der Waals surface area (Å²) in [6.45, 7) is 0. The van der Waals surface area contributed by atoms with Crippen LogP contribution in [-0.4, -0.2) is 4.92 Å². The molecule has 2 aromatic carbocycles. The van der Waals surface area contributed by atoms with E-state index >= 15 is 0 Å². The minimum Gasteiger partial charge on any atom is -0.259 e. The van der Waals surface area contributed by atoms with Gasteiger partial charge < -0.3 is 0 Å². The molecule has 0 saturated heterocycles. The number of fused-ring (bicyclic) bond motifs is 8. The van der Waals surface area contributed by atoms with Gasteiger partial charge in [-0.05, 0) is 62.8 Å². The Bertz CT molecular complexity index is 1260.